The number of carbonyl (C=O) groups is 1. The first-order valence-electron chi connectivity index (χ1n) is 9.72. The summed E-state index contributed by atoms with van der Waals surface area (Å²) in [6.07, 6.45) is 6.99. The number of hydrogen-bond donors (Lipinski definition) is 3. The molecule has 3 heterocycles. The molecule has 0 saturated carbocycles. The maximum absolute atomic E-state index is 13.2. The number of benzene rings is 1. The lowest BCUT2D eigenvalue weighted by molar-refractivity contribution is -0.107. The minimum absolute atomic E-state index is 0.266. The lowest BCUT2D eigenvalue weighted by Gasteiger charge is -2.05. The van der Waals surface area contributed by atoms with Crippen LogP contribution < -0.4 is 11.5 Å². The molecule has 0 atom stereocenters. The third-order valence-electron chi connectivity index (χ3n) is 4.56. The molecule has 0 spiro atoms. The van der Waals surface area contributed by atoms with Crippen molar-refractivity contribution in [2.45, 2.75) is 19.3 Å². The van der Waals surface area contributed by atoms with Gasteiger partial charge in [-0.25, -0.2) is 9.37 Å². The highest BCUT2D eigenvalue weighted by atomic mass is 19.1. The summed E-state index contributed by atoms with van der Waals surface area (Å²) in [4.78, 5) is 21.4. The van der Waals surface area contributed by atoms with Gasteiger partial charge in [-0.05, 0) is 79.0 Å². The number of aromatic nitrogens is 3. The van der Waals surface area contributed by atoms with Gasteiger partial charge in [-0.15, -0.1) is 0 Å². The molecule has 3 aromatic heterocycles. The molecular formula is C23H24FN5O. The van der Waals surface area contributed by atoms with Crippen LogP contribution in [0, 0.1) is 5.82 Å². The van der Waals surface area contributed by atoms with Crippen molar-refractivity contribution in [3.05, 3.63) is 66.7 Å². The number of H-pyrrole nitrogens is 1. The Bertz CT molecular complexity index is 1090. The molecule has 7 heteroatoms. The molecule has 0 fully saturated rings. The van der Waals surface area contributed by atoms with Crippen LogP contribution in [0.3, 0.4) is 0 Å². The average Bonchev–Trinajstić information content (AvgIpc) is 3.14. The highest BCUT2D eigenvalue weighted by Gasteiger charge is 2.16. The minimum atomic E-state index is -0.266. The Kier molecular flexibility index (Phi) is 7.24. The highest BCUT2D eigenvalue weighted by molar-refractivity contribution is 6.02. The Morgan fingerprint density at radius 3 is 2.37 bits per heavy atom. The molecule has 0 unspecified atom stereocenters. The lowest BCUT2D eigenvalue weighted by atomic mass is 10.00. The lowest BCUT2D eigenvalue weighted by Crippen LogP contribution is -1.97. The molecule has 5 N–H and O–H groups in total. The zero-order valence-electron chi connectivity index (χ0n) is 16.5. The predicted octanol–water partition coefficient (Wildman–Crippen LogP) is 4.33. The number of nitrogens with zero attached hydrogens (tertiary/aromatic N) is 2. The number of halogens is 1. The number of nitrogen functional groups attached to an aromatic ring is 1. The largest absolute Gasteiger partial charge is 0.384 e. The number of rotatable bonds is 6. The molecule has 1 aromatic carbocycles. The smallest absolute Gasteiger partial charge is 0.140 e. The van der Waals surface area contributed by atoms with Crippen LogP contribution in [0.1, 0.15) is 19.3 Å². The van der Waals surface area contributed by atoms with Crippen molar-refractivity contribution >= 4 is 23.1 Å². The number of nitrogens with two attached hydrogens (primary N) is 2. The van der Waals surface area contributed by atoms with Crippen molar-refractivity contribution < 1.29 is 9.18 Å². The van der Waals surface area contributed by atoms with E-state index in [0.29, 0.717) is 24.4 Å². The van der Waals surface area contributed by atoms with Crippen LogP contribution in [0.25, 0.3) is 33.4 Å². The molecule has 0 radical (unpaired) electrons. The number of hydrogen-bond acceptors (Lipinski definition) is 5. The van der Waals surface area contributed by atoms with Crippen molar-refractivity contribution in [2.24, 2.45) is 5.73 Å². The molecule has 0 amide bonds. The van der Waals surface area contributed by atoms with E-state index in [9.17, 15) is 9.18 Å². The average molecular weight is 405 g/mol. The summed E-state index contributed by atoms with van der Waals surface area (Å²) in [6.45, 7) is 0.702. The Morgan fingerprint density at radius 1 is 0.967 bits per heavy atom. The van der Waals surface area contributed by atoms with Crippen LogP contribution in [0.5, 0.6) is 0 Å². The van der Waals surface area contributed by atoms with Crippen LogP contribution in [-0.2, 0) is 4.79 Å². The highest BCUT2D eigenvalue weighted by Crippen LogP contribution is 2.37. The maximum atomic E-state index is 13.2. The quantitative estimate of drug-likeness (QED) is 0.327. The number of nitrogens with one attached hydrogen (secondary N) is 1. The molecule has 6 nitrogen and oxygen atoms in total. The first-order chi connectivity index (χ1) is 14.6. The molecule has 0 aliphatic rings. The Labute approximate surface area is 174 Å². The summed E-state index contributed by atoms with van der Waals surface area (Å²) in [5.41, 5.74) is 15.4. The number of unbranched alkanes of at least 4 members (excludes halogenated alkanes) is 2. The number of aromatic amines is 1. The van der Waals surface area contributed by atoms with E-state index in [2.05, 4.69) is 15.0 Å². The zero-order chi connectivity index (χ0) is 21.3. The number of pyridine rings is 2. The van der Waals surface area contributed by atoms with E-state index in [4.69, 9.17) is 11.5 Å². The van der Waals surface area contributed by atoms with Crippen molar-refractivity contribution in [3.8, 4) is 22.4 Å². The Morgan fingerprint density at radius 2 is 1.70 bits per heavy atom. The fourth-order valence-electron chi connectivity index (χ4n) is 3.11. The second kappa shape index (κ2) is 10.3. The topological polar surface area (TPSA) is 111 Å². The van der Waals surface area contributed by atoms with Gasteiger partial charge in [0.15, 0.2) is 0 Å². The third-order valence-corrected chi connectivity index (χ3v) is 4.56. The van der Waals surface area contributed by atoms with E-state index in [1.807, 2.05) is 18.2 Å². The summed E-state index contributed by atoms with van der Waals surface area (Å²) < 4.78 is 13.2. The second-order valence-corrected chi connectivity index (χ2v) is 6.70. The first-order valence-corrected chi connectivity index (χ1v) is 9.72. The van der Waals surface area contributed by atoms with E-state index < -0.39 is 0 Å². The van der Waals surface area contributed by atoms with Crippen molar-refractivity contribution in [1.29, 1.82) is 0 Å². The van der Waals surface area contributed by atoms with E-state index in [0.717, 1.165) is 46.9 Å². The molecule has 0 aliphatic carbocycles. The number of fused-ring (bicyclic) bond motifs is 1. The van der Waals surface area contributed by atoms with Gasteiger partial charge in [-0.3, -0.25) is 4.98 Å². The van der Waals surface area contributed by atoms with Gasteiger partial charge >= 0.3 is 0 Å². The molecule has 30 heavy (non-hydrogen) atoms. The van der Waals surface area contributed by atoms with Gasteiger partial charge in [0.05, 0.1) is 5.69 Å². The third kappa shape index (κ3) is 5.07. The van der Waals surface area contributed by atoms with Crippen LogP contribution in [-0.4, -0.2) is 27.8 Å². The Balaban J connectivity index is 0.000000318. The van der Waals surface area contributed by atoms with Crippen LogP contribution >= 0.6 is 0 Å². The summed E-state index contributed by atoms with van der Waals surface area (Å²) in [5.74, 6) is 0.184. The SMILES string of the molecule is NCCCCC=O.Nc1ccc2c(-c3ccncc3)c(-c3ccc(F)cc3)[nH]c2n1. The molecular weight excluding hydrogens is 381 g/mol. The van der Waals surface area contributed by atoms with Gasteiger partial charge in [-0.2, -0.15) is 0 Å². The van der Waals surface area contributed by atoms with E-state index >= 15 is 0 Å². The summed E-state index contributed by atoms with van der Waals surface area (Å²) in [7, 11) is 0. The molecule has 0 bridgehead atoms. The maximum Gasteiger partial charge on any atom is 0.140 e. The summed E-state index contributed by atoms with van der Waals surface area (Å²) in [5, 5.41) is 0.963. The van der Waals surface area contributed by atoms with E-state index in [-0.39, 0.29) is 5.82 Å². The number of carbonyl (C=O) groups excluding carboxylic acids is 1. The molecule has 0 saturated heterocycles. The zero-order valence-corrected chi connectivity index (χ0v) is 16.5. The van der Waals surface area contributed by atoms with Crippen molar-refractivity contribution in [1.82, 2.24) is 15.0 Å². The van der Waals surface area contributed by atoms with Gasteiger partial charge in [0, 0.05) is 29.8 Å². The van der Waals surface area contributed by atoms with Gasteiger partial charge < -0.3 is 21.2 Å². The fourth-order valence-corrected chi connectivity index (χ4v) is 3.11. The van der Waals surface area contributed by atoms with E-state index in [1.165, 1.54) is 12.1 Å². The fraction of sp³-hybridized carbons (Fsp3) is 0.174. The van der Waals surface area contributed by atoms with Crippen molar-refractivity contribution in [3.63, 3.8) is 0 Å². The molecule has 154 valence electrons. The standard InChI is InChI=1S/C18H13FN4.C5H11NO/c19-13-3-1-12(2-4-13)17-16(11-7-9-21-10-8-11)14-5-6-15(20)22-18(14)23-17;6-4-2-1-3-5-7/h1-10H,(H3,20,22,23);5H,1-4,6H2. The molecule has 4 aromatic rings. The van der Waals surface area contributed by atoms with Crippen LogP contribution in [0.4, 0.5) is 10.2 Å². The van der Waals surface area contributed by atoms with Crippen LogP contribution in [0.15, 0.2) is 60.9 Å². The van der Waals surface area contributed by atoms with Gasteiger partial charge in [-0.1, -0.05) is 0 Å². The predicted molar refractivity (Wildman–Crippen MR) is 118 cm³/mol. The normalized spacial score (nSPS) is 10.5. The second-order valence-electron chi connectivity index (χ2n) is 6.70. The first kappa shape index (κ1) is 21.1. The van der Waals surface area contributed by atoms with Gasteiger partial charge in [0.1, 0.15) is 23.6 Å². The molecule has 0 aliphatic heterocycles. The number of aldehydes is 1. The van der Waals surface area contributed by atoms with E-state index in [1.54, 1.807) is 30.6 Å². The Hall–Kier alpha value is -3.58. The van der Waals surface area contributed by atoms with Gasteiger partial charge in [0.2, 0.25) is 0 Å². The summed E-state index contributed by atoms with van der Waals surface area (Å²) in [6, 6.07) is 14.0. The monoisotopic (exact) mass is 405 g/mol. The van der Waals surface area contributed by atoms with Crippen LogP contribution in [0.2, 0.25) is 0 Å². The minimum Gasteiger partial charge on any atom is -0.384 e. The number of anilines is 1. The van der Waals surface area contributed by atoms with Crippen molar-refractivity contribution in [2.75, 3.05) is 12.3 Å². The molecule has 4 rings (SSSR count). The summed E-state index contributed by atoms with van der Waals surface area (Å²) >= 11 is 0. The van der Waals surface area contributed by atoms with Gasteiger partial charge in [0.25, 0.3) is 0 Å².